The molecule has 0 aliphatic rings. The van der Waals surface area contributed by atoms with E-state index in [0.717, 1.165) is 5.52 Å². The Labute approximate surface area is 168 Å². The smallest absolute Gasteiger partial charge is 0.252 e. The van der Waals surface area contributed by atoms with Crippen LogP contribution in [-0.4, -0.2) is 38.3 Å². The van der Waals surface area contributed by atoms with E-state index in [9.17, 15) is 4.79 Å². The van der Waals surface area contributed by atoms with E-state index < -0.39 is 0 Å². The van der Waals surface area contributed by atoms with Crippen molar-refractivity contribution in [1.82, 2.24) is 24.7 Å². The lowest BCUT2D eigenvalue weighted by Crippen LogP contribution is -2.28. The van der Waals surface area contributed by atoms with Crippen molar-refractivity contribution >= 4 is 28.9 Å². The first-order valence-electron chi connectivity index (χ1n) is 9.30. The zero-order valence-corrected chi connectivity index (χ0v) is 16.0. The van der Waals surface area contributed by atoms with Crippen LogP contribution in [0.15, 0.2) is 67.1 Å². The monoisotopic (exact) mass is 387 g/mol. The fraction of sp³-hybridized carbons (Fsp3) is 0.143. The van der Waals surface area contributed by atoms with Crippen molar-refractivity contribution in [3.8, 4) is 0 Å². The second-order valence-corrected chi connectivity index (χ2v) is 6.47. The summed E-state index contributed by atoms with van der Waals surface area (Å²) in [6, 6.07) is 15.1. The van der Waals surface area contributed by atoms with Crippen molar-refractivity contribution in [3.05, 3.63) is 78.5 Å². The number of carbonyl (C=O) groups excluding carboxylic acids is 1. The summed E-state index contributed by atoms with van der Waals surface area (Å²) in [6.45, 7) is 2.84. The number of pyridine rings is 2. The Kier molecular flexibility index (Phi) is 5.33. The van der Waals surface area contributed by atoms with Gasteiger partial charge < -0.3 is 20.4 Å². The number of aryl methyl sites for hydroxylation is 1. The van der Waals surface area contributed by atoms with Crippen LogP contribution in [0.1, 0.15) is 16.2 Å². The molecule has 4 rings (SSSR count). The lowest BCUT2D eigenvalue weighted by Gasteiger charge is -2.10. The molecule has 0 aliphatic heterocycles. The highest BCUT2D eigenvalue weighted by Gasteiger charge is 2.08. The van der Waals surface area contributed by atoms with Gasteiger partial charge in [-0.1, -0.05) is 12.1 Å². The van der Waals surface area contributed by atoms with Crippen LogP contribution in [-0.2, 0) is 0 Å². The third-order valence-corrected chi connectivity index (χ3v) is 4.24. The summed E-state index contributed by atoms with van der Waals surface area (Å²) in [5, 5.41) is 9.28. The Hall–Kier alpha value is -3.94. The molecule has 8 nitrogen and oxygen atoms in total. The maximum absolute atomic E-state index is 12.3. The van der Waals surface area contributed by atoms with Gasteiger partial charge in [-0.25, -0.2) is 15.0 Å². The number of hydrogen-bond acceptors (Lipinski definition) is 6. The number of fused-ring (bicyclic) bond motifs is 1. The molecule has 0 aromatic carbocycles. The van der Waals surface area contributed by atoms with Crippen LogP contribution in [0.3, 0.4) is 0 Å². The summed E-state index contributed by atoms with van der Waals surface area (Å²) in [4.78, 5) is 25.3. The number of rotatable bonds is 7. The summed E-state index contributed by atoms with van der Waals surface area (Å²) >= 11 is 0. The van der Waals surface area contributed by atoms with Crippen LogP contribution < -0.4 is 16.0 Å². The standard InChI is InChI=1S/C21H21N7O/c1-15-25-19(13-20(26-15)27-18-7-2-4-8-22-18)23-9-10-24-21(29)16-12-17-6-3-5-11-28(17)14-16/h2-8,11-14H,9-10H2,1H3,(H,24,29)(H2,22,23,25,26,27). The van der Waals surface area contributed by atoms with Gasteiger partial charge in [0.15, 0.2) is 0 Å². The number of hydrogen-bond donors (Lipinski definition) is 3. The van der Waals surface area contributed by atoms with Crippen LogP contribution in [0, 0.1) is 6.92 Å². The molecule has 0 unspecified atom stereocenters. The van der Waals surface area contributed by atoms with Crippen molar-refractivity contribution in [3.63, 3.8) is 0 Å². The van der Waals surface area contributed by atoms with Gasteiger partial charge in [0, 0.05) is 43.3 Å². The third kappa shape index (κ3) is 4.67. The number of nitrogens with one attached hydrogen (secondary N) is 3. The Morgan fingerprint density at radius 2 is 1.86 bits per heavy atom. The van der Waals surface area contributed by atoms with E-state index in [1.54, 1.807) is 6.20 Å². The predicted octanol–water partition coefficient (Wildman–Crippen LogP) is 3.02. The number of nitrogens with zero attached hydrogens (tertiary/aromatic N) is 4. The van der Waals surface area contributed by atoms with E-state index in [0.29, 0.717) is 41.9 Å². The first-order valence-corrected chi connectivity index (χ1v) is 9.30. The molecular weight excluding hydrogens is 366 g/mol. The molecule has 0 spiro atoms. The van der Waals surface area contributed by atoms with Crippen molar-refractivity contribution in [2.75, 3.05) is 23.7 Å². The number of aromatic nitrogens is 4. The van der Waals surface area contributed by atoms with Crippen LogP contribution in [0.2, 0.25) is 0 Å². The highest BCUT2D eigenvalue weighted by atomic mass is 16.1. The van der Waals surface area contributed by atoms with Crippen molar-refractivity contribution in [2.45, 2.75) is 6.92 Å². The van der Waals surface area contributed by atoms with Gasteiger partial charge in [0.2, 0.25) is 0 Å². The fourth-order valence-electron chi connectivity index (χ4n) is 2.94. The van der Waals surface area contributed by atoms with Gasteiger partial charge in [-0.15, -0.1) is 0 Å². The maximum Gasteiger partial charge on any atom is 0.252 e. The Morgan fingerprint density at radius 3 is 2.69 bits per heavy atom. The van der Waals surface area contributed by atoms with Crippen LogP contribution in [0.4, 0.5) is 17.5 Å². The van der Waals surface area contributed by atoms with Crippen LogP contribution >= 0.6 is 0 Å². The van der Waals surface area contributed by atoms with Gasteiger partial charge >= 0.3 is 0 Å². The Morgan fingerprint density at radius 1 is 1.00 bits per heavy atom. The van der Waals surface area contributed by atoms with Crippen molar-refractivity contribution < 1.29 is 4.79 Å². The average Bonchev–Trinajstić information content (AvgIpc) is 3.16. The van der Waals surface area contributed by atoms with Gasteiger partial charge in [0.25, 0.3) is 5.91 Å². The third-order valence-electron chi connectivity index (χ3n) is 4.24. The molecule has 0 bridgehead atoms. The first kappa shape index (κ1) is 18.4. The van der Waals surface area contributed by atoms with Gasteiger partial charge in [-0.3, -0.25) is 4.79 Å². The molecule has 0 atom stereocenters. The second-order valence-electron chi connectivity index (χ2n) is 6.47. The SMILES string of the molecule is Cc1nc(NCCNC(=O)c2cc3ccccn3c2)cc(Nc2ccccn2)n1. The zero-order chi connectivity index (χ0) is 20.1. The van der Waals surface area contributed by atoms with E-state index in [1.807, 2.05) is 72.2 Å². The number of carbonyl (C=O) groups is 1. The summed E-state index contributed by atoms with van der Waals surface area (Å²) < 4.78 is 1.92. The second kappa shape index (κ2) is 8.39. The summed E-state index contributed by atoms with van der Waals surface area (Å²) in [5.41, 5.74) is 1.62. The molecule has 29 heavy (non-hydrogen) atoms. The summed E-state index contributed by atoms with van der Waals surface area (Å²) in [7, 11) is 0. The van der Waals surface area contributed by atoms with E-state index in [2.05, 4.69) is 30.9 Å². The van der Waals surface area contributed by atoms with Crippen molar-refractivity contribution in [1.29, 1.82) is 0 Å². The molecule has 3 N–H and O–H groups in total. The van der Waals surface area contributed by atoms with E-state index >= 15 is 0 Å². The normalized spacial score (nSPS) is 10.7. The number of anilines is 3. The van der Waals surface area contributed by atoms with Gasteiger partial charge in [-0.2, -0.15) is 0 Å². The molecule has 0 radical (unpaired) electrons. The predicted molar refractivity (Wildman–Crippen MR) is 113 cm³/mol. The van der Waals surface area contributed by atoms with Gasteiger partial charge in [-0.05, 0) is 37.3 Å². The van der Waals surface area contributed by atoms with Crippen LogP contribution in [0.5, 0.6) is 0 Å². The molecule has 0 aliphatic carbocycles. The molecule has 8 heteroatoms. The Balaban J connectivity index is 1.31. The highest BCUT2D eigenvalue weighted by molar-refractivity contribution is 5.95. The van der Waals surface area contributed by atoms with E-state index in [1.165, 1.54) is 0 Å². The molecule has 0 fully saturated rings. The molecule has 4 aromatic rings. The maximum atomic E-state index is 12.3. The molecule has 0 saturated heterocycles. The minimum absolute atomic E-state index is 0.105. The van der Waals surface area contributed by atoms with Gasteiger partial charge in [0.05, 0.1) is 5.56 Å². The zero-order valence-electron chi connectivity index (χ0n) is 16.0. The largest absolute Gasteiger partial charge is 0.368 e. The molecule has 4 aromatic heterocycles. The quantitative estimate of drug-likeness (QED) is 0.422. The molecule has 146 valence electrons. The lowest BCUT2D eigenvalue weighted by atomic mass is 10.3. The highest BCUT2D eigenvalue weighted by Crippen LogP contribution is 2.15. The Bertz CT molecular complexity index is 1090. The summed E-state index contributed by atoms with van der Waals surface area (Å²) in [5.74, 6) is 2.58. The number of amides is 1. The molecular formula is C21H21N7O. The fourth-order valence-corrected chi connectivity index (χ4v) is 2.94. The first-order chi connectivity index (χ1) is 14.2. The summed E-state index contributed by atoms with van der Waals surface area (Å²) in [6.07, 6.45) is 5.45. The van der Waals surface area contributed by atoms with E-state index in [4.69, 9.17) is 0 Å². The lowest BCUT2D eigenvalue weighted by molar-refractivity contribution is 0.0955. The average molecular weight is 387 g/mol. The minimum Gasteiger partial charge on any atom is -0.368 e. The minimum atomic E-state index is -0.105. The van der Waals surface area contributed by atoms with Gasteiger partial charge in [0.1, 0.15) is 23.3 Å². The molecule has 0 saturated carbocycles. The van der Waals surface area contributed by atoms with Crippen LogP contribution in [0.25, 0.3) is 5.52 Å². The molecule has 1 amide bonds. The van der Waals surface area contributed by atoms with E-state index in [-0.39, 0.29) is 5.91 Å². The molecule has 4 heterocycles. The topological polar surface area (TPSA) is 96.2 Å². The van der Waals surface area contributed by atoms with Crippen molar-refractivity contribution in [2.24, 2.45) is 0 Å².